The van der Waals surface area contributed by atoms with Crippen molar-refractivity contribution in [2.75, 3.05) is 11.9 Å². The maximum absolute atomic E-state index is 11.3. The van der Waals surface area contributed by atoms with Gasteiger partial charge in [0.05, 0.1) is 4.90 Å². The van der Waals surface area contributed by atoms with Gasteiger partial charge < -0.3 is 5.32 Å². The van der Waals surface area contributed by atoms with E-state index < -0.39 is 10.0 Å². The second-order valence-electron chi connectivity index (χ2n) is 4.81. The van der Waals surface area contributed by atoms with Gasteiger partial charge in [-0.2, -0.15) is 0 Å². The van der Waals surface area contributed by atoms with E-state index in [1.807, 2.05) is 0 Å². The molecule has 4 nitrogen and oxygen atoms in total. The molecule has 0 amide bonds. The summed E-state index contributed by atoms with van der Waals surface area (Å²) in [5, 5.41) is 8.39. The number of primary sulfonamides is 1. The van der Waals surface area contributed by atoms with Gasteiger partial charge in [0, 0.05) is 12.2 Å². The minimum absolute atomic E-state index is 0. The van der Waals surface area contributed by atoms with Crippen LogP contribution < -0.4 is 10.5 Å². The van der Waals surface area contributed by atoms with Crippen molar-refractivity contribution in [2.24, 2.45) is 5.14 Å². The lowest BCUT2D eigenvalue weighted by Crippen LogP contribution is -2.28. The maximum atomic E-state index is 11.3. The quantitative estimate of drug-likeness (QED) is 0.822. The van der Waals surface area contributed by atoms with Gasteiger partial charge in [-0.3, -0.25) is 0 Å². The van der Waals surface area contributed by atoms with Crippen LogP contribution in [0.15, 0.2) is 23.1 Å². The predicted octanol–water partition coefficient (Wildman–Crippen LogP) is 1.85. The SMILES string of the molecule is CC1(C)CCNc2ccc(S(N)(=O)=O)cc21.Cl. The minimum atomic E-state index is -3.61. The molecule has 0 atom stereocenters. The Hall–Kier alpha value is -0.780. The molecule has 0 saturated heterocycles. The van der Waals surface area contributed by atoms with E-state index in [1.54, 1.807) is 18.2 Å². The number of anilines is 1. The van der Waals surface area contributed by atoms with Crippen LogP contribution in [-0.4, -0.2) is 15.0 Å². The third-order valence-electron chi connectivity index (χ3n) is 3.11. The summed E-state index contributed by atoms with van der Waals surface area (Å²) in [7, 11) is -3.61. The molecule has 1 aliphatic heterocycles. The van der Waals surface area contributed by atoms with Crippen LogP contribution in [0.1, 0.15) is 25.8 Å². The number of nitrogens with two attached hydrogens (primary N) is 1. The monoisotopic (exact) mass is 276 g/mol. The van der Waals surface area contributed by atoms with Crippen molar-refractivity contribution in [3.8, 4) is 0 Å². The molecule has 6 heteroatoms. The van der Waals surface area contributed by atoms with Crippen LogP contribution in [0, 0.1) is 0 Å². The zero-order valence-corrected chi connectivity index (χ0v) is 11.5. The Morgan fingerprint density at radius 3 is 2.59 bits per heavy atom. The molecule has 1 aliphatic rings. The van der Waals surface area contributed by atoms with Gasteiger partial charge in [-0.25, -0.2) is 13.6 Å². The van der Waals surface area contributed by atoms with E-state index in [-0.39, 0.29) is 22.7 Å². The Kier molecular flexibility index (Phi) is 3.76. The van der Waals surface area contributed by atoms with Gasteiger partial charge in [-0.15, -0.1) is 12.4 Å². The van der Waals surface area contributed by atoms with Gasteiger partial charge >= 0.3 is 0 Å². The van der Waals surface area contributed by atoms with Crippen LogP contribution >= 0.6 is 12.4 Å². The molecule has 0 aliphatic carbocycles. The highest BCUT2D eigenvalue weighted by Crippen LogP contribution is 2.37. The van der Waals surface area contributed by atoms with E-state index in [2.05, 4.69) is 19.2 Å². The zero-order chi connectivity index (χ0) is 12.0. The summed E-state index contributed by atoms with van der Waals surface area (Å²) >= 11 is 0. The van der Waals surface area contributed by atoms with Crippen molar-refractivity contribution >= 4 is 28.1 Å². The fourth-order valence-corrected chi connectivity index (χ4v) is 2.60. The van der Waals surface area contributed by atoms with Crippen LogP contribution in [0.3, 0.4) is 0 Å². The van der Waals surface area contributed by atoms with Crippen molar-refractivity contribution in [2.45, 2.75) is 30.6 Å². The lowest BCUT2D eigenvalue weighted by Gasteiger charge is -2.33. The molecule has 17 heavy (non-hydrogen) atoms. The molecule has 3 N–H and O–H groups in total. The number of nitrogens with one attached hydrogen (secondary N) is 1. The Labute approximate surface area is 108 Å². The van der Waals surface area contributed by atoms with Gasteiger partial charge in [-0.05, 0) is 35.6 Å². The Balaban J connectivity index is 0.00000144. The molecule has 0 unspecified atom stereocenters. The second kappa shape index (κ2) is 4.48. The molecule has 0 aromatic heterocycles. The second-order valence-corrected chi connectivity index (χ2v) is 6.37. The smallest absolute Gasteiger partial charge is 0.238 e. The van der Waals surface area contributed by atoms with E-state index in [9.17, 15) is 8.42 Å². The first kappa shape index (κ1) is 14.3. The third kappa shape index (κ3) is 2.73. The van der Waals surface area contributed by atoms with Crippen LogP contribution in [0.2, 0.25) is 0 Å². The number of rotatable bonds is 1. The summed E-state index contributed by atoms with van der Waals surface area (Å²) < 4.78 is 22.6. The van der Waals surface area contributed by atoms with Crippen molar-refractivity contribution < 1.29 is 8.42 Å². The van der Waals surface area contributed by atoms with Crippen LogP contribution in [-0.2, 0) is 15.4 Å². The van der Waals surface area contributed by atoms with E-state index >= 15 is 0 Å². The largest absolute Gasteiger partial charge is 0.385 e. The molecule has 2 rings (SSSR count). The molecule has 96 valence electrons. The van der Waals surface area contributed by atoms with Crippen molar-refractivity contribution in [3.05, 3.63) is 23.8 Å². The highest BCUT2D eigenvalue weighted by molar-refractivity contribution is 7.89. The number of fused-ring (bicyclic) bond motifs is 1. The van der Waals surface area contributed by atoms with E-state index in [1.165, 1.54) is 0 Å². The molecule has 0 radical (unpaired) electrons. The molecular weight excluding hydrogens is 260 g/mol. The molecule has 0 fully saturated rings. The first-order chi connectivity index (χ1) is 7.31. The number of hydrogen-bond donors (Lipinski definition) is 2. The molecule has 1 aromatic carbocycles. The van der Waals surface area contributed by atoms with Crippen LogP contribution in [0.4, 0.5) is 5.69 Å². The number of halogens is 1. The van der Waals surface area contributed by atoms with Gasteiger partial charge in [0.2, 0.25) is 10.0 Å². The standard InChI is InChI=1S/C11H16N2O2S.ClH/c1-11(2)5-6-13-10-4-3-8(7-9(10)11)16(12,14)15;/h3-4,7,13H,5-6H2,1-2H3,(H2,12,14,15);1H. The lowest BCUT2D eigenvalue weighted by atomic mass is 9.78. The van der Waals surface area contributed by atoms with Crippen LogP contribution in [0.25, 0.3) is 0 Å². The zero-order valence-electron chi connectivity index (χ0n) is 9.86. The van der Waals surface area contributed by atoms with Crippen molar-refractivity contribution in [3.63, 3.8) is 0 Å². The summed E-state index contributed by atoms with van der Waals surface area (Å²) in [4.78, 5) is 0.183. The average molecular weight is 277 g/mol. The normalized spacial score (nSPS) is 17.6. The lowest BCUT2D eigenvalue weighted by molar-refractivity contribution is 0.480. The Bertz CT molecular complexity index is 526. The van der Waals surface area contributed by atoms with Crippen LogP contribution in [0.5, 0.6) is 0 Å². The van der Waals surface area contributed by atoms with E-state index in [0.29, 0.717) is 0 Å². The Morgan fingerprint density at radius 1 is 1.35 bits per heavy atom. The molecular formula is C11H17ClN2O2S. The van der Waals surface area contributed by atoms with E-state index in [4.69, 9.17) is 5.14 Å². The van der Waals surface area contributed by atoms with Gasteiger partial charge in [0.15, 0.2) is 0 Å². The number of hydrogen-bond acceptors (Lipinski definition) is 3. The topological polar surface area (TPSA) is 72.2 Å². The summed E-state index contributed by atoms with van der Waals surface area (Å²) in [6.07, 6.45) is 0.980. The van der Waals surface area contributed by atoms with Gasteiger partial charge in [-0.1, -0.05) is 13.8 Å². The average Bonchev–Trinajstić information content (AvgIpc) is 2.15. The van der Waals surface area contributed by atoms with E-state index in [0.717, 1.165) is 24.2 Å². The molecule has 0 spiro atoms. The fraction of sp³-hybridized carbons (Fsp3) is 0.455. The summed E-state index contributed by atoms with van der Waals surface area (Å²) in [5.74, 6) is 0. The summed E-state index contributed by atoms with van der Waals surface area (Å²) in [6.45, 7) is 5.13. The van der Waals surface area contributed by atoms with Crippen molar-refractivity contribution in [1.82, 2.24) is 0 Å². The van der Waals surface area contributed by atoms with Gasteiger partial charge in [0.1, 0.15) is 0 Å². The first-order valence-electron chi connectivity index (χ1n) is 5.22. The fourth-order valence-electron chi connectivity index (χ4n) is 2.06. The summed E-state index contributed by atoms with van der Waals surface area (Å²) in [5.41, 5.74) is 2.01. The number of benzene rings is 1. The molecule has 0 bridgehead atoms. The Morgan fingerprint density at radius 2 is 2.00 bits per heavy atom. The molecule has 0 saturated carbocycles. The summed E-state index contributed by atoms with van der Waals surface area (Å²) in [6, 6.07) is 5.01. The highest BCUT2D eigenvalue weighted by Gasteiger charge is 2.28. The minimum Gasteiger partial charge on any atom is -0.385 e. The maximum Gasteiger partial charge on any atom is 0.238 e. The van der Waals surface area contributed by atoms with Crippen molar-refractivity contribution in [1.29, 1.82) is 0 Å². The third-order valence-corrected chi connectivity index (χ3v) is 4.03. The number of sulfonamides is 1. The first-order valence-corrected chi connectivity index (χ1v) is 6.76. The predicted molar refractivity (Wildman–Crippen MR) is 71.2 cm³/mol. The highest BCUT2D eigenvalue weighted by atomic mass is 35.5. The van der Waals surface area contributed by atoms with Gasteiger partial charge in [0.25, 0.3) is 0 Å². The molecule has 1 heterocycles. The molecule has 1 aromatic rings.